The molecule has 1 aliphatic rings. The Balaban J connectivity index is 1.51. The molecule has 32 heavy (non-hydrogen) atoms. The van der Waals surface area contributed by atoms with E-state index < -0.39 is 5.82 Å². The Morgan fingerprint density at radius 1 is 1.16 bits per heavy atom. The van der Waals surface area contributed by atoms with E-state index in [4.69, 9.17) is 0 Å². The van der Waals surface area contributed by atoms with E-state index in [9.17, 15) is 9.18 Å². The number of hydrogen-bond acceptors (Lipinski definition) is 5. The number of halogens is 1. The normalized spacial score (nSPS) is 16.0. The van der Waals surface area contributed by atoms with Crippen molar-refractivity contribution in [3.63, 3.8) is 0 Å². The van der Waals surface area contributed by atoms with E-state index >= 15 is 0 Å². The zero-order valence-electron chi connectivity index (χ0n) is 18.6. The number of unbranched alkanes of at least 4 members (excludes halogenated alkanes) is 1. The van der Waals surface area contributed by atoms with Gasteiger partial charge in [-0.2, -0.15) is 0 Å². The van der Waals surface area contributed by atoms with Gasteiger partial charge in [0.2, 0.25) is 5.13 Å². The van der Waals surface area contributed by atoms with Gasteiger partial charge >= 0.3 is 0 Å². The molecule has 0 bridgehead atoms. The largest absolute Gasteiger partial charge is 0.296 e. The van der Waals surface area contributed by atoms with Crippen LogP contribution in [0.1, 0.15) is 55.5 Å². The number of hydrogen-bond donors (Lipinski definition) is 0. The van der Waals surface area contributed by atoms with Crippen molar-refractivity contribution < 1.29 is 9.18 Å². The third kappa shape index (κ3) is 4.89. The summed E-state index contributed by atoms with van der Waals surface area (Å²) >= 11 is 1.36. The molecule has 4 rings (SSSR count). The molecule has 2 heterocycles. The monoisotopic (exact) mass is 452 g/mol. The molecule has 1 saturated heterocycles. The van der Waals surface area contributed by atoms with E-state index in [1.807, 2.05) is 0 Å². The molecule has 0 radical (unpaired) electrons. The van der Waals surface area contributed by atoms with Crippen LogP contribution >= 0.6 is 11.3 Å². The number of anilines is 1. The zero-order chi connectivity index (χ0) is 22.5. The maximum absolute atomic E-state index is 14.2. The first-order valence-corrected chi connectivity index (χ1v) is 12.2. The molecule has 7 heteroatoms. The van der Waals surface area contributed by atoms with Crippen LogP contribution in [0.15, 0.2) is 48.5 Å². The average molecular weight is 453 g/mol. The van der Waals surface area contributed by atoms with Crippen LogP contribution in [-0.2, 0) is 6.54 Å². The highest BCUT2D eigenvalue weighted by Crippen LogP contribution is 2.31. The van der Waals surface area contributed by atoms with Gasteiger partial charge in [0, 0.05) is 31.2 Å². The van der Waals surface area contributed by atoms with Gasteiger partial charge in [0.25, 0.3) is 5.91 Å². The third-order valence-electron chi connectivity index (χ3n) is 6.05. The van der Waals surface area contributed by atoms with Crippen LogP contribution in [0.5, 0.6) is 0 Å². The molecule has 0 N–H and O–H groups in total. The van der Waals surface area contributed by atoms with Gasteiger partial charge in [-0.1, -0.05) is 68.0 Å². The average Bonchev–Trinajstić information content (AvgIpc) is 3.28. The molecule has 1 aromatic heterocycles. The Hall–Kier alpha value is -2.64. The summed E-state index contributed by atoms with van der Waals surface area (Å²) in [6.07, 6.45) is 4.22. The van der Waals surface area contributed by atoms with Crippen molar-refractivity contribution in [2.45, 2.75) is 52.1 Å². The highest BCUT2D eigenvalue weighted by atomic mass is 32.1. The van der Waals surface area contributed by atoms with Crippen molar-refractivity contribution >= 4 is 22.4 Å². The number of amides is 1. The van der Waals surface area contributed by atoms with E-state index in [0.29, 0.717) is 17.7 Å². The van der Waals surface area contributed by atoms with Crippen molar-refractivity contribution in [1.82, 2.24) is 15.1 Å². The maximum atomic E-state index is 14.2. The second kappa shape index (κ2) is 10.3. The molecule has 2 aromatic carbocycles. The molecule has 168 valence electrons. The predicted molar refractivity (Wildman–Crippen MR) is 127 cm³/mol. The van der Waals surface area contributed by atoms with E-state index in [0.717, 1.165) is 30.0 Å². The lowest BCUT2D eigenvalue weighted by Gasteiger charge is -2.40. The highest BCUT2D eigenvalue weighted by molar-refractivity contribution is 7.18. The number of nitrogens with zero attached hydrogens (tertiary/aromatic N) is 4. The minimum absolute atomic E-state index is 0.0566. The van der Waals surface area contributed by atoms with Crippen LogP contribution in [0.2, 0.25) is 0 Å². The maximum Gasteiger partial charge on any atom is 0.263 e. The minimum atomic E-state index is -0.521. The molecule has 1 amide bonds. The predicted octanol–water partition coefficient (Wildman–Crippen LogP) is 5.78. The third-order valence-corrected chi connectivity index (χ3v) is 7.05. The lowest BCUT2D eigenvalue weighted by Crippen LogP contribution is -2.46. The summed E-state index contributed by atoms with van der Waals surface area (Å²) in [5.41, 5.74) is 2.32. The van der Waals surface area contributed by atoms with Gasteiger partial charge < -0.3 is 0 Å². The fourth-order valence-corrected chi connectivity index (χ4v) is 4.85. The quantitative estimate of drug-likeness (QED) is 0.413. The molecular formula is C25H29FN4OS. The second-order valence-corrected chi connectivity index (χ2v) is 9.15. The standard InChI is InChI=1S/C25H29FN4OS/c1-3-5-15-30(24(31)21-8-6-7-9-22(21)26)25-28-27-23(32-25)19-12-10-18(11-13-19)17-29-16-14-20(29)4-2/h6-13,20H,3-5,14-17H2,1-2H3. The van der Waals surface area contributed by atoms with Crippen molar-refractivity contribution in [1.29, 1.82) is 0 Å². The SMILES string of the molecule is CCCCN(C(=O)c1ccccc1F)c1nnc(-c2ccc(CN3CCC3CC)cc2)s1. The Morgan fingerprint density at radius 3 is 2.59 bits per heavy atom. The first kappa shape index (κ1) is 22.6. The summed E-state index contributed by atoms with van der Waals surface area (Å²) in [5, 5.41) is 9.86. The van der Waals surface area contributed by atoms with Crippen molar-refractivity contribution in [3.8, 4) is 10.6 Å². The molecule has 1 fully saturated rings. The number of aromatic nitrogens is 2. The summed E-state index contributed by atoms with van der Waals surface area (Å²) in [7, 11) is 0. The van der Waals surface area contributed by atoms with Gasteiger partial charge in [0.05, 0.1) is 5.56 Å². The van der Waals surface area contributed by atoms with E-state index in [1.54, 1.807) is 17.0 Å². The molecule has 1 atom stereocenters. The molecule has 3 aromatic rings. The molecular weight excluding hydrogens is 423 g/mol. The summed E-state index contributed by atoms with van der Waals surface area (Å²) in [6, 6.07) is 15.2. The van der Waals surface area contributed by atoms with Gasteiger partial charge in [-0.3, -0.25) is 14.6 Å². The van der Waals surface area contributed by atoms with E-state index in [-0.39, 0.29) is 11.5 Å². The molecule has 1 unspecified atom stereocenters. The Kier molecular flexibility index (Phi) is 7.27. The molecule has 5 nitrogen and oxygen atoms in total. The van der Waals surface area contributed by atoms with Crippen LogP contribution in [0.25, 0.3) is 10.6 Å². The number of benzene rings is 2. The summed E-state index contributed by atoms with van der Waals surface area (Å²) in [5.74, 6) is -0.901. The van der Waals surface area contributed by atoms with Crippen molar-refractivity contribution in [3.05, 3.63) is 65.5 Å². The fourth-order valence-electron chi connectivity index (χ4n) is 3.97. The Morgan fingerprint density at radius 2 is 1.94 bits per heavy atom. The topological polar surface area (TPSA) is 49.3 Å². The minimum Gasteiger partial charge on any atom is -0.296 e. The fraction of sp³-hybridized carbons (Fsp3) is 0.400. The lowest BCUT2D eigenvalue weighted by molar-refractivity contribution is 0.0791. The summed E-state index contributed by atoms with van der Waals surface area (Å²) < 4.78 is 14.2. The van der Waals surface area contributed by atoms with Gasteiger partial charge in [-0.15, -0.1) is 10.2 Å². The molecule has 0 spiro atoms. The Bertz CT molecular complexity index is 1050. The summed E-state index contributed by atoms with van der Waals surface area (Å²) in [6.45, 7) is 6.92. The van der Waals surface area contributed by atoms with E-state index in [1.165, 1.54) is 48.4 Å². The lowest BCUT2D eigenvalue weighted by atomic mass is 9.99. The Labute approximate surface area is 192 Å². The molecule has 0 saturated carbocycles. The van der Waals surface area contributed by atoms with Crippen LogP contribution in [0, 0.1) is 5.82 Å². The zero-order valence-corrected chi connectivity index (χ0v) is 19.4. The first-order valence-electron chi connectivity index (χ1n) is 11.3. The van der Waals surface area contributed by atoms with Crippen molar-refractivity contribution in [2.24, 2.45) is 0 Å². The molecule has 1 aliphatic heterocycles. The van der Waals surface area contributed by atoms with Gasteiger partial charge in [0.1, 0.15) is 10.8 Å². The van der Waals surface area contributed by atoms with Gasteiger partial charge in [0.15, 0.2) is 0 Å². The number of carbonyl (C=O) groups excluding carboxylic acids is 1. The number of carbonyl (C=O) groups is 1. The van der Waals surface area contributed by atoms with Gasteiger partial charge in [-0.05, 0) is 37.0 Å². The second-order valence-electron chi connectivity index (χ2n) is 8.20. The number of rotatable bonds is 9. The van der Waals surface area contributed by atoms with Crippen LogP contribution < -0.4 is 4.90 Å². The highest BCUT2D eigenvalue weighted by Gasteiger charge is 2.26. The van der Waals surface area contributed by atoms with Crippen molar-refractivity contribution in [2.75, 3.05) is 18.0 Å². The van der Waals surface area contributed by atoms with Crippen LogP contribution in [0.4, 0.5) is 9.52 Å². The summed E-state index contributed by atoms with van der Waals surface area (Å²) in [4.78, 5) is 17.1. The van der Waals surface area contributed by atoms with Crippen LogP contribution in [-0.4, -0.2) is 40.1 Å². The van der Waals surface area contributed by atoms with Gasteiger partial charge in [-0.25, -0.2) is 4.39 Å². The van der Waals surface area contributed by atoms with Crippen LogP contribution in [0.3, 0.4) is 0 Å². The van der Waals surface area contributed by atoms with E-state index in [2.05, 4.69) is 53.2 Å². The molecule has 0 aliphatic carbocycles. The number of likely N-dealkylation sites (tertiary alicyclic amines) is 1. The smallest absolute Gasteiger partial charge is 0.263 e. The first-order chi connectivity index (χ1) is 15.6.